The zero-order valence-corrected chi connectivity index (χ0v) is 16.6. The van der Waals surface area contributed by atoms with Crippen LogP contribution in [0.25, 0.3) is 0 Å². The molecule has 6 heteroatoms. The molecule has 0 saturated heterocycles. The molecule has 22 heavy (non-hydrogen) atoms. The zero-order valence-electron chi connectivity index (χ0n) is 14.2. The van der Waals surface area contributed by atoms with Crippen LogP contribution in [-0.4, -0.2) is 20.6 Å². The molecule has 0 aliphatic carbocycles. The van der Waals surface area contributed by atoms with Crippen molar-refractivity contribution >= 4 is 26.0 Å². The average molecular weight is 392 g/mol. The van der Waals surface area contributed by atoms with Crippen LogP contribution in [0.2, 0.25) is 0 Å². The number of hydrogen-bond donors (Lipinski definition) is 1. The maximum absolute atomic E-state index is 12.8. The molecule has 0 spiro atoms. The number of rotatable bonds is 6. The van der Waals surface area contributed by atoms with Crippen LogP contribution in [0.4, 0.5) is 0 Å². The van der Waals surface area contributed by atoms with Gasteiger partial charge in [0, 0.05) is 10.0 Å². The summed E-state index contributed by atoms with van der Waals surface area (Å²) in [5.74, 6) is 0.366. The lowest BCUT2D eigenvalue weighted by molar-refractivity contribution is 0.269. The topological polar surface area (TPSA) is 55.4 Å². The molecular formula is C16H26BrNO3S. The molecule has 0 atom stereocenters. The Labute approximate surface area is 142 Å². The van der Waals surface area contributed by atoms with E-state index in [9.17, 15) is 8.42 Å². The molecule has 1 aromatic rings. The summed E-state index contributed by atoms with van der Waals surface area (Å²) >= 11 is 3.32. The highest BCUT2D eigenvalue weighted by Crippen LogP contribution is 2.31. The highest BCUT2D eigenvalue weighted by molar-refractivity contribution is 9.10. The molecule has 0 bridgehead atoms. The average Bonchev–Trinajstić information content (AvgIpc) is 2.26. The summed E-state index contributed by atoms with van der Waals surface area (Å²) in [4.78, 5) is 0.158. The van der Waals surface area contributed by atoms with Gasteiger partial charge in [-0.25, -0.2) is 13.1 Å². The fourth-order valence-electron chi connectivity index (χ4n) is 2.75. The number of nitrogens with one attached hydrogen (secondary N) is 1. The first-order valence-corrected chi connectivity index (χ1v) is 9.60. The highest BCUT2D eigenvalue weighted by atomic mass is 79.9. The quantitative estimate of drug-likeness (QED) is 0.784. The Morgan fingerprint density at radius 3 is 2.27 bits per heavy atom. The molecule has 126 valence electrons. The Balaban J connectivity index is 3.17. The Kier molecular flexibility index (Phi) is 6.09. The van der Waals surface area contributed by atoms with E-state index >= 15 is 0 Å². The fourth-order valence-corrected chi connectivity index (χ4v) is 4.84. The van der Waals surface area contributed by atoms with Gasteiger partial charge in [-0.2, -0.15) is 0 Å². The summed E-state index contributed by atoms with van der Waals surface area (Å²) < 4.78 is 34.5. The van der Waals surface area contributed by atoms with Crippen LogP contribution < -0.4 is 9.46 Å². The van der Waals surface area contributed by atoms with Crippen LogP contribution in [-0.2, 0) is 10.0 Å². The fraction of sp³-hybridized carbons (Fsp3) is 0.625. The summed E-state index contributed by atoms with van der Waals surface area (Å²) in [7, 11) is -3.67. The summed E-state index contributed by atoms with van der Waals surface area (Å²) in [6.07, 6.45) is 0.719. The second kappa shape index (κ2) is 6.89. The summed E-state index contributed by atoms with van der Waals surface area (Å²) in [6.45, 7) is 12.3. The number of sulfonamides is 1. The predicted molar refractivity (Wildman–Crippen MR) is 93.8 cm³/mol. The lowest BCUT2D eigenvalue weighted by Gasteiger charge is -2.33. The smallest absolute Gasteiger partial charge is 0.244 e. The molecule has 0 radical (unpaired) electrons. The SMILES string of the molecule is CCOc1ccc(Br)cc1S(=O)(=O)NC(C)(C)CC(C)(C)C. The van der Waals surface area contributed by atoms with Gasteiger partial charge >= 0.3 is 0 Å². The third-order valence-electron chi connectivity index (χ3n) is 2.88. The molecule has 0 fully saturated rings. The second-order valence-corrected chi connectivity index (χ2v) is 9.82. The largest absolute Gasteiger partial charge is 0.492 e. The van der Waals surface area contributed by atoms with Gasteiger partial charge < -0.3 is 4.74 Å². The molecule has 1 rings (SSSR count). The van der Waals surface area contributed by atoms with Crippen LogP contribution in [0.3, 0.4) is 0 Å². The Morgan fingerprint density at radius 2 is 1.77 bits per heavy atom. The van der Waals surface area contributed by atoms with Crippen molar-refractivity contribution in [1.82, 2.24) is 4.72 Å². The minimum atomic E-state index is -3.67. The summed E-state index contributed by atoms with van der Waals surface area (Å²) in [6, 6.07) is 5.00. The van der Waals surface area contributed by atoms with Gasteiger partial charge in [-0.15, -0.1) is 0 Å². The van der Waals surface area contributed by atoms with Crippen molar-refractivity contribution in [2.75, 3.05) is 6.61 Å². The number of benzene rings is 1. The molecular weight excluding hydrogens is 366 g/mol. The van der Waals surface area contributed by atoms with Crippen molar-refractivity contribution < 1.29 is 13.2 Å². The molecule has 1 N–H and O–H groups in total. The monoisotopic (exact) mass is 391 g/mol. The van der Waals surface area contributed by atoms with Gasteiger partial charge in [0.05, 0.1) is 6.61 Å². The molecule has 0 aliphatic heterocycles. The molecule has 0 aliphatic rings. The van der Waals surface area contributed by atoms with E-state index in [4.69, 9.17) is 4.74 Å². The van der Waals surface area contributed by atoms with E-state index in [2.05, 4.69) is 41.4 Å². The first kappa shape index (κ1) is 19.5. The highest BCUT2D eigenvalue weighted by Gasteiger charge is 2.32. The van der Waals surface area contributed by atoms with Gasteiger partial charge in [0.25, 0.3) is 0 Å². The minimum absolute atomic E-state index is 0.0199. The molecule has 0 unspecified atom stereocenters. The van der Waals surface area contributed by atoms with Crippen LogP contribution >= 0.6 is 15.9 Å². The lowest BCUT2D eigenvalue weighted by atomic mass is 9.82. The normalized spacial score (nSPS) is 13.2. The van der Waals surface area contributed by atoms with Crippen LogP contribution in [0, 0.1) is 5.41 Å². The van der Waals surface area contributed by atoms with Crippen LogP contribution in [0.15, 0.2) is 27.6 Å². The van der Waals surface area contributed by atoms with E-state index in [0.29, 0.717) is 16.8 Å². The van der Waals surface area contributed by atoms with Crippen LogP contribution in [0.5, 0.6) is 5.75 Å². The summed E-state index contributed by atoms with van der Waals surface area (Å²) in [5, 5.41) is 0. The molecule has 1 aromatic carbocycles. The van der Waals surface area contributed by atoms with Gasteiger partial charge in [0.15, 0.2) is 0 Å². The standard InChI is InChI=1S/C16H26BrNO3S/c1-7-21-13-9-8-12(17)10-14(13)22(19,20)18-16(5,6)11-15(2,3)4/h8-10,18H,7,11H2,1-6H3. The van der Waals surface area contributed by atoms with Crippen molar-refractivity contribution in [2.24, 2.45) is 5.41 Å². The Bertz CT molecular complexity index is 619. The van der Waals surface area contributed by atoms with Gasteiger partial charge in [-0.1, -0.05) is 36.7 Å². The van der Waals surface area contributed by atoms with E-state index in [1.807, 2.05) is 20.8 Å². The van der Waals surface area contributed by atoms with Crippen molar-refractivity contribution in [2.45, 2.75) is 58.4 Å². The van der Waals surface area contributed by atoms with Crippen molar-refractivity contribution in [3.05, 3.63) is 22.7 Å². The zero-order chi connectivity index (χ0) is 17.2. The van der Waals surface area contributed by atoms with Gasteiger partial charge in [-0.05, 0) is 50.8 Å². The molecule has 0 amide bonds. The lowest BCUT2D eigenvalue weighted by Crippen LogP contribution is -2.45. The Hall–Kier alpha value is -0.590. The van der Waals surface area contributed by atoms with Crippen molar-refractivity contribution in [1.29, 1.82) is 0 Å². The molecule has 0 heterocycles. The number of halogens is 1. The first-order valence-electron chi connectivity index (χ1n) is 7.33. The first-order chi connectivity index (χ1) is 9.86. The van der Waals surface area contributed by atoms with Crippen molar-refractivity contribution in [3.63, 3.8) is 0 Å². The Morgan fingerprint density at radius 1 is 1.18 bits per heavy atom. The van der Waals surface area contributed by atoms with E-state index in [-0.39, 0.29) is 10.3 Å². The molecule has 0 aromatic heterocycles. The van der Waals surface area contributed by atoms with E-state index < -0.39 is 15.6 Å². The number of hydrogen-bond acceptors (Lipinski definition) is 3. The maximum Gasteiger partial charge on any atom is 0.244 e. The number of ether oxygens (including phenoxy) is 1. The van der Waals surface area contributed by atoms with Gasteiger partial charge in [0.2, 0.25) is 10.0 Å². The minimum Gasteiger partial charge on any atom is -0.492 e. The third kappa shape index (κ3) is 5.89. The second-order valence-electron chi connectivity index (χ2n) is 7.25. The van der Waals surface area contributed by atoms with E-state index in [1.165, 1.54) is 0 Å². The van der Waals surface area contributed by atoms with Gasteiger partial charge in [0.1, 0.15) is 10.6 Å². The molecule has 0 saturated carbocycles. The van der Waals surface area contributed by atoms with E-state index in [1.54, 1.807) is 18.2 Å². The van der Waals surface area contributed by atoms with E-state index in [0.717, 1.165) is 6.42 Å². The third-order valence-corrected chi connectivity index (χ3v) is 5.09. The van der Waals surface area contributed by atoms with Crippen LogP contribution in [0.1, 0.15) is 48.0 Å². The van der Waals surface area contributed by atoms with Gasteiger partial charge in [-0.3, -0.25) is 0 Å². The predicted octanol–water partition coefficient (Wildman–Crippen LogP) is 4.34. The summed E-state index contributed by atoms with van der Waals surface area (Å²) in [5.41, 5.74) is -0.533. The van der Waals surface area contributed by atoms with Crippen molar-refractivity contribution in [3.8, 4) is 5.75 Å². The maximum atomic E-state index is 12.8. The molecule has 4 nitrogen and oxygen atoms in total.